The SMILES string of the molecule is CC1CCN(C(=O)C(Cl)c2ccccc2)C1CO. The van der Waals surface area contributed by atoms with Gasteiger partial charge in [0.25, 0.3) is 0 Å². The second-order valence-electron chi connectivity index (χ2n) is 4.82. The average Bonchev–Trinajstić information content (AvgIpc) is 2.79. The maximum Gasteiger partial charge on any atom is 0.245 e. The van der Waals surface area contributed by atoms with Gasteiger partial charge in [-0.05, 0) is 17.9 Å². The molecule has 3 atom stereocenters. The van der Waals surface area contributed by atoms with Gasteiger partial charge in [-0.15, -0.1) is 11.6 Å². The molecule has 1 saturated heterocycles. The zero-order chi connectivity index (χ0) is 13.1. The van der Waals surface area contributed by atoms with E-state index in [-0.39, 0.29) is 18.6 Å². The third-order valence-corrected chi connectivity index (χ3v) is 4.10. The first kappa shape index (κ1) is 13.4. The molecule has 18 heavy (non-hydrogen) atoms. The van der Waals surface area contributed by atoms with Gasteiger partial charge in [0, 0.05) is 6.54 Å². The quantitative estimate of drug-likeness (QED) is 0.853. The van der Waals surface area contributed by atoms with Gasteiger partial charge >= 0.3 is 0 Å². The number of amides is 1. The monoisotopic (exact) mass is 267 g/mol. The molecule has 1 amide bonds. The average molecular weight is 268 g/mol. The van der Waals surface area contributed by atoms with Gasteiger partial charge in [-0.2, -0.15) is 0 Å². The van der Waals surface area contributed by atoms with Crippen LogP contribution in [0.5, 0.6) is 0 Å². The van der Waals surface area contributed by atoms with Crippen molar-refractivity contribution in [2.45, 2.75) is 24.8 Å². The van der Waals surface area contributed by atoms with Crippen LogP contribution in [0, 0.1) is 5.92 Å². The number of hydrogen-bond acceptors (Lipinski definition) is 2. The highest BCUT2D eigenvalue weighted by Crippen LogP contribution is 2.30. The fourth-order valence-electron chi connectivity index (χ4n) is 2.47. The standard InChI is InChI=1S/C14H18ClNO2/c1-10-7-8-16(12(10)9-17)14(18)13(15)11-5-3-2-4-6-11/h2-6,10,12-13,17H,7-9H2,1H3. The maximum atomic E-state index is 12.3. The maximum absolute atomic E-state index is 12.3. The van der Waals surface area contributed by atoms with Crippen molar-refractivity contribution in [3.05, 3.63) is 35.9 Å². The lowest BCUT2D eigenvalue weighted by Crippen LogP contribution is -2.41. The number of aliphatic hydroxyl groups is 1. The van der Waals surface area contributed by atoms with Gasteiger partial charge in [-0.25, -0.2) is 0 Å². The number of rotatable bonds is 3. The van der Waals surface area contributed by atoms with E-state index in [1.165, 1.54) is 0 Å². The van der Waals surface area contributed by atoms with Gasteiger partial charge in [0.1, 0.15) is 5.38 Å². The molecular formula is C14H18ClNO2. The molecule has 0 spiro atoms. The van der Waals surface area contributed by atoms with E-state index in [0.717, 1.165) is 12.0 Å². The van der Waals surface area contributed by atoms with Crippen LogP contribution >= 0.6 is 11.6 Å². The number of nitrogens with zero attached hydrogens (tertiary/aromatic N) is 1. The molecule has 3 nitrogen and oxygen atoms in total. The highest BCUT2D eigenvalue weighted by atomic mass is 35.5. The van der Waals surface area contributed by atoms with E-state index in [1.807, 2.05) is 30.3 Å². The Morgan fingerprint density at radius 1 is 1.50 bits per heavy atom. The summed E-state index contributed by atoms with van der Waals surface area (Å²) in [6.45, 7) is 2.74. The van der Waals surface area contributed by atoms with Crippen LogP contribution in [0.3, 0.4) is 0 Å². The predicted molar refractivity (Wildman–Crippen MR) is 71.4 cm³/mol. The minimum absolute atomic E-state index is 0.00526. The lowest BCUT2D eigenvalue weighted by molar-refractivity contribution is -0.132. The summed E-state index contributed by atoms with van der Waals surface area (Å²) >= 11 is 6.23. The fourth-order valence-corrected chi connectivity index (χ4v) is 2.74. The van der Waals surface area contributed by atoms with Gasteiger partial charge in [0.15, 0.2) is 0 Å². The minimum Gasteiger partial charge on any atom is -0.394 e. The largest absolute Gasteiger partial charge is 0.394 e. The number of likely N-dealkylation sites (tertiary alicyclic amines) is 1. The van der Waals surface area contributed by atoms with Crippen molar-refractivity contribution in [3.63, 3.8) is 0 Å². The Bertz CT molecular complexity index is 410. The summed E-state index contributed by atoms with van der Waals surface area (Å²) < 4.78 is 0. The van der Waals surface area contributed by atoms with Gasteiger partial charge in [0.05, 0.1) is 12.6 Å². The Balaban J connectivity index is 2.12. The summed E-state index contributed by atoms with van der Waals surface area (Å²) in [5.74, 6) is 0.227. The van der Waals surface area contributed by atoms with Crippen LogP contribution in [0.2, 0.25) is 0 Å². The summed E-state index contributed by atoms with van der Waals surface area (Å²) in [6, 6.07) is 9.24. The molecule has 1 aromatic rings. The van der Waals surface area contributed by atoms with Crippen molar-refractivity contribution in [2.75, 3.05) is 13.2 Å². The zero-order valence-electron chi connectivity index (χ0n) is 10.4. The van der Waals surface area contributed by atoms with Crippen molar-refractivity contribution >= 4 is 17.5 Å². The molecule has 1 fully saturated rings. The highest BCUT2D eigenvalue weighted by Gasteiger charge is 2.36. The summed E-state index contributed by atoms with van der Waals surface area (Å²) in [5, 5.41) is 8.71. The van der Waals surface area contributed by atoms with Crippen LogP contribution in [0.25, 0.3) is 0 Å². The Labute approximate surface area is 112 Å². The smallest absolute Gasteiger partial charge is 0.245 e. The first-order valence-electron chi connectivity index (χ1n) is 6.25. The van der Waals surface area contributed by atoms with Crippen molar-refractivity contribution in [3.8, 4) is 0 Å². The van der Waals surface area contributed by atoms with Crippen molar-refractivity contribution < 1.29 is 9.90 Å². The van der Waals surface area contributed by atoms with E-state index < -0.39 is 5.38 Å². The van der Waals surface area contributed by atoms with Crippen molar-refractivity contribution in [2.24, 2.45) is 5.92 Å². The van der Waals surface area contributed by atoms with E-state index >= 15 is 0 Å². The number of carbonyl (C=O) groups is 1. The third kappa shape index (κ3) is 2.52. The lowest BCUT2D eigenvalue weighted by Gasteiger charge is -2.27. The fraction of sp³-hybridized carbons (Fsp3) is 0.500. The number of carbonyl (C=O) groups excluding carboxylic acids is 1. The highest BCUT2D eigenvalue weighted by molar-refractivity contribution is 6.30. The molecule has 0 bridgehead atoms. The molecule has 3 unspecified atom stereocenters. The summed E-state index contributed by atoms with van der Waals surface area (Å²) in [5.41, 5.74) is 0.806. The Morgan fingerprint density at radius 3 is 2.78 bits per heavy atom. The molecule has 0 aliphatic carbocycles. The second kappa shape index (κ2) is 5.72. The minimum atomic E-state index is -0.662. The van der Waals surface area contributed by atoms with Crippen LogP contribution in [0.15, 0.2) is 30.3 Å². The number of hydrogen-bond donors (Lipinski definition) is 1. The van der Waals surface area contributed by atoms with Gasteiger partial charge in [0.2, 0.25) is 5.91 Å². The molecule has 0 saturated carbocycles. The number of alkyl halides is 1. The van der Waals surface area contributed by atoms with E-state index in [1.54, 1.807) is 4.90 Å². The molecule has 0 radical (unpaired) electrons. The molecule has 1 aromatic carbocycles. The van der Waals surface area contributed by atoms with Crippen LogP contribution < -0.4 is 0 Å². The number of benzene rings is 1. The Hall–Kier alpha value is -1.06. The molecule has 98 valence electrons. The van der Waals surface area contributed by atoms with Crippen molar-refractivity contribution in [1.29, 1.82) is 0 Å². The van der Waals surface area contributed by atoms with Crippen LogP contribution in [0.1, 0.15) is 24.3 Å². The molecular weight excluding hydrogens is 250 g/mol. The normalized spacial score (nSPS) is 25.2. The summed E-state index contributed by atoms with van der Waals surface area (Å²) in [4.78, 5) is 14.1. The first-order valence-corrected chi connectivity index (χ1v) is 6.69. The van der Waals surface area contributed by atoms with E-state index in [9.17, 15) is 9.90 Å². The topological polar surface area (TPSA) is 40.5 Å². The summed E-state index contributed by atoms with van der Waals surface area (Å²) in [7, 11) is 0. The lowest BCUT2D eigenvalue weighted by atomic mass is 10.0. The van der Waals surface area contributed by atoms with Crippen LogP contribution in [0.4, 0.5) is 0 Å². The molecule has 1 heterocycles. The third-order valence-electron chi connectivity index (χ3n) is 3.66. The van der Waals surface area contributed by atoms with Gasteiger partial charge < -0.3 is 10.0 Å². The summed E-state index contributed by atoms with van der Waals surface area (Å²) in [6.07, 6.45) is 0.926. The predicted octanol–water partition coefficient (Wildman–Crippen LogP) is 2.20. The zero-order valence-corrected chi connectivity index (χ0v) is 11.2. The number of aliphatic hydroxyl groups excluding tert-OH is 1. The van der Waals surface area contributed by atoms with Gasteiger partial charge in [-0.3, -0.25) is 4.79 Å². The van der Waals surface area contributed by atoms with Crippen LogP contribution in [-0.2, 0) is 4.79 Å². The second-order valence-corrected chi connectivity index (χ2v) is 5.26. The first-order chi connectivity index (χ1) is 8.65. The molecule has 1 aliphatic rings. The van der Waals surface area contributed by atoms with E-state index in [2.05, 4.69) is 6.92 Å². The van der Waals surface area contributed by atoms with Crippen molar-refractivity contribution in [1.82, 2.24) is 4.90 Å². The molecule has 4 heteroatoms. The van der Waals surface area contributed by atoms with E-state index in [0.29, 0.717) is 12.5 Å². The molecule has 1 N–H and O–H groups in total. The number of halogens is 1. The molecule has 0 aromatic heterocycles. The Kier molecular flexibility index (Phi) is 4.25. The van der Waals surface area contributed by atoms with E-state index in [4.69, 9.17) is 11.6 Å². The molecule has 1 aliphatic heterocycles. The Morgan fingerprint density at radius 2 is 2.17 bits per heavy atom. The molecule has 2 rings (SSSR count). The van der Waals surface area contributed by atoms with Crippen LogP contribution in [-0.4, -0.2) is 35.1 Å². The van der Waals surface area contributed by atoms with Gasteiger partial charge in [-0.1, -0.05) is 37.3 Å².